The zero-order valence-electron chi connectivity index (χ0n) is 8.94. The molecule has 1 N–H and O–H groups in total. The van der Waals surface area contributed by atoms with Crippen LogP contribution in [0.3, 0.4) is 0 Å². The van der Waals surface area contributed by atoms with Crippen LogP contribution in [0.1, 0.15) is 12.8 Å². The van der Waals surface area contributed by atoms with Gasteiger partial charge in [0.15, 0.2) is 0 Å². The van der Waals surface area contributed by atoms with E-state index in [9.17, 15) is 0 Å². The molecule has 1 heterocycles. The third-order valence-corrected chi connectivity index (χ3v) is 2.58. The fourth-order valence-electron chi connectivity index (χ4n) is 1.75. The van der Waals surface area contributed by atoms with E-state index < -0.39 is 0 Å². The van der Waals surface area contributed by atoms with Gasteiger partial charge in [0.05, 0.1) is 7.11 Å². The van der Waals surface area contributed by atoms with Gasteiger partial charge in [-0.3, -0.25) is 4.99 Å². The molecular formula is C12H16N2O. The lowest BCUT2D eigenvalue weighted by molar-refractivity contribution is 0.416. The van der Waals surface area contributed by atoms with Crippen molar-refractivity contribution in [1.29, 1.82) is 0 Å². The Morgan fingerprint density at radius 1 is 1.47 bits per heavy atom. The van der Waals surface area contributed by atoms with Crippen molar-refractivity contribution in [1.82, 2.24) is 5.32 Å². The quantitative estimate of drug-likeness (QED) is 0.765. The molecule has 0 aromatic heterocycles. The monoisotopic (exact) mass is 204 g/mol. The normalized spacial score (nSPS) is 21.0. The molecule has 2 rings (SSSR count). The first-order valence-corrected chi connectivity index (χ1v) is 5.31. The highest BCUT2D eigenvalue weighted by Crippen LogP contribution is 2.25. The minimum Gasteiger partial charge on any atom is -0.494 e. The van der Waals surface area contributed by atoms with Crippen molar-refractivity contribution in [3.63, 3.8) is 0 Å². The van der Waals surface area contributed by atoms with Crippen LogP contribution in [0.4, 0.5) is 5.69 Å². The summed E-state index contributed by atoms with van der Waals surface area (Å²) in [6, 6.07) is 8.23. The van der Waals surface area contributed by atoms with E-state index in [0.29, 0.717) is 6.04 Å². The van der Waals surface area contributed by atoms with Crippen molar-refractivity contribution in [2.24, 2.45) is 4.99 Å². The smallest absolute Gasteiger partial charge is 0.144 e. The summed E-state index contributed by atoms with van der Waals surface area (Å²) in [5.74, 6) is 0.826. The molecule has 0 radical (unpaired) electrons. The Balaban J connectivity index is 2.08. The Morgan fingerprint density at radius 3 is 3.07 bits per heavy atom. The highest BCUT2D eigenvalue weighted by atomic mass is 16.5. The summed E-state index contributed by atoms with van der Waals surface area (Å²) < 4.78 is 5.23. The predicted molar refractivity (Wildman–Crippen MR) is 62.2 cm³/mol. The van der Waals surface area contributed by atoms with Crippen molar-refractivity contribution in [3.8, 4) is 5.75 Å². The van der Waals surface area contributed by atoms with E-state index in [2.05, 4.69) is 10.3 Å². The first-order valence-electron chi connectivity index (χ1n) is 5.31. The van der Waals surface area contributed by atoms with Gasteiger partial charge in [-0.2, -0.15) is 0 Å². The first-order chi connectivity index (χ1) is 7.40. The van der Waals surface area contributed by atoms with Gasteiger partial charge in [0, 0.05) is 12.3 Å². The van der Waals surface area contributed by atoms with E-state index in [1.54, 1.807) is 7.11 Å². The Morgan fingerprint density at radius 2 is 2.33 bits per heavy atom. The molecule has 0 amide bonds. The second-order valence-electron chi connectivity index (χ2n) is 3.65. The largest absolute Gasteiger partial charge is 0.494 e. The summed E-state index contributed by atoms with van der Waals surface area (Å²) in [6.07, 6.45) is 4.39. The molecule has 15 heavy (non-hydrogen) atoms. The number of hydrogen-bond donors (Lipinski definition) is 1. The molecule has 1 aromatic rings. The summed E-state index contributed by atoms with van der Waals surface area (Å²) in [5.41, 5.74) is 0.897. The van der Waals surface area contributed by atoms with Crippen LogP contribution in [-0.4, -0.2) is 25.9 Å². The van der Waals surface area contributed by atoms with Crippen molar-refractivity contribution in [2.75, 3.05) is 13.7 Å². The molecule has 0 bridgehead atoms. The van der Waals surface area contributed by atoms with E-state index in [1.807, 2.05) is 30.5 Å². The van der Waals surface area contributed by atoms with E-state index in [1.165, 1.54) is 12.8 Å². The van der Waals surface area contributed by atoms with E-state index in [-0.39, 0.29) is 0 Å². The Labute approximate surface area is 90.2 Å². The predicted octanol–water partition coefficient (Wildman–Crippen LogP) is 2.15. The summed E-state index contributed by atoms with van der Waals surface area (Å²) in [6.45, 7) is 1.10. The summed E-state index contributed by atoms with van der Waals surface area (Å²) in [7, 11) is 1.67. The zero-order valence-corrected chi connectivity index (χ0v) is 8.94. The van der Waals surface area contributed by atoms with Gasteiger partial charge in [-0.25, -0.2) is 0 Å². The molecule has 1 fully saturated rings. The highest BCUT2D eigenvalue weighted by molar-refractivity contribution is 5.71. The molecule has 0 saturated carbocycles. The number of ether oxygens (including phenoxy) is 1. The maximum absolute atomic E-state index is 5.23. The fraction of sp³-hybridized carbons (Fsp3) is 0.417. The average Bonchev–Trinajstić information content (AvgIpc) is 2.79. The number of para-hydroxylation sites is 2. The van der Waals surface area contributed by atoms with Gasteiger partial charge in [-0.1, -0.05) is 12.1 Å². The van der Waals surface area contributed by atoms with Crippen LogP contribution in [0.15, 0.2) is 29.3 Å². The van der Waals surface area contributed by atoms with Crippen molar-refractivity contribution in [3.05, 3.63) is 24.3 Å². The molecule has 1 aliphatic rings. The Kier molecular flexibility index (Phi) is 3.35. The van der Waals surface area contributed by atoms with Gasteiger partial charge < -0.3 is 10.1 Å². The number of methoxy groups -OCH3 is 1. The van der Waals surface area contributed by atoms with Crippen molar-refractivity contribution in [2.45, 2.75) is 18.9 Å². The standard InChI is InChI=1S/C12H16N2O/c1-15-12-7-3-2-6-11(12)14-9-10-5-4-8-13-10/h2-3,6-7,9-10,13H,4-5,8H2,1H3. The second-order valence-corrected chi connectivity index (χ2v) is 3.65. The molecule has 1 unspecified atom stereocenters. The number of nitrogens with zero attached hydrogens (tertiary/aromatic N) is 1. The van der Waals surface area contributed by atoms with Crippen LogP contribution in [0.25, 0.3) is 0 Å². The van der Waals surface area contributed by atoms with E-state index in [4.69, 9.17) is 4.74 Å². The molecule has 1 aliphatic heterocycles. The van der Waals surface area contributed by atoms with Gasteiger partial charge in [0.25, 0.3) is 0 Å². The number of nitrogens with one attached hydrogen (secondary N) is 1. The lowest BCUT2D eigenvalue weighted by atomic mass is 10.2. The van der Waals surface area contributed by atoms with Crippen LogP contribution >= 0.6 is 0 Å². The summed E-state index contributed by atoms with van der Waals surface area (Å²) in [4.78, 5) is 4.45. The lowest BCUT2D eigenvalue weighted by Gasteiger charge is -2.05. The zero-order chi connectivity index (χ0) is 10.5. The minimum atomic E-state index is 0.426. The third kappa shape index (κ3) is 2.57. The molecule has 80 valence electrons. The molecule has 0 aliphatic carbocycles. The number of hydrogen-bond acceptors (Lipinski definition) is 3. The summed E-state index contributed by atoms with van der Waals surface area (Å²) in [5, 5.41) is 3.37. The van der Waals surface area contributed by atoms with Gasteiger partial charge in [0.1, 0.15) is 11.4 Å². The van der Waals surface area contributed by atoms with Crippen LogP contribution in [0, 0.1) is 0 Å². The molecule has 1 saturated heterocycles. The maximum Gasteiger partial charge on any atom is 0.144 e. The van der Waals surface area contributed by atoms with E-state index in [0.717, 1.165) is 18.0 Å². The fourth-order valence-corrected chi connectivity index (χ4v) is 1.75. The van der Waals surface area contributed by atoms with Crippen LogP contribution in [0.5, 0.6) is 5.75 Å². The van der Waals surface area contributed by atoms with Crippen molar-refractivity contribution < 1.29 is 4.74 Å². The highest BCUT2D eigenvalue weighted by Gasteiger charge is 2.10. The first kappa shape index (κ1) is 10.2. The maximum atomic E-state index is 5.23. The molecule has 0 spiro atoms. The molecule has 1 aromatic carbocycles. The Bertz CT molecular complexity index is 343. The van der Waals surface area contributed by atoms with Crippen molar-refractivity contribution >= 4 is 11.9 Å². The molecule has 1 atom stereocenters. The summed E-state index contributed by atoms with van der Waals surface area (Å²) >= 11 is 0. The van der Waals surface area contributed by atoms with Gasteiger partial charge >= 0.3 is 0 Å². The van der Waals surface area contributed by atoms with Gasteiger partial charge in [-0.15, -0.1) is 0 Å². The third-order valence-electron chi connectivity index (χ3n) is 2.58. The lowest BCUT2D eigenvalue weighted by Crippen LogP contribution is -2.22. The number of aliphatic imine (C=N–C) groups is 1. The van der Waals surface area contributed by atoms with Crippen LogP contribution in [0.2, 0.25) is 0 Å². The minimum absolute atomic E-state index is 0.426. The molecule has 3 heteroatoms. The number of rotatable bonds is 3. The molecule has 3 nitrogen and oxygen atoms in total. The topological polar surface area (TPSA) is 33.6 Å². The van der Waals surface area contributed by atoms with Gasteiger partial charge in [-0.05, 0) is 31.5 Å². The van der Waals surface area contributed by atoms with E-state index >= 15 is 0 Å². The number of benzene rings is 1. The SMILES string of the molecule is COc1ccccc1N=CC1CCCN1. The van der Waals surface area contributed by atoms with Gasteiger partial charge in [0.2, 0.25) is 0 Å². The second kappa shape index (κ2) is 4.94. The average molecular weight is 204 g/mol. The Hall–Kier alpha value is -1.35. The molecular weight excluding hydrogens is 188 g/mol. The van der Waals surface area contributed by atoms with Crippen LogP contribution in [-0.2, 0) is 0 Å². The van der Waals surface area contributed by atoms with Crippen LogP contribution < -0.4 is 10.1 Å².